The summed E-state index contributed by atoms with van der Waals surface area (Å²) in [6, 6.07) is 6.71. The van der Waals surface area contributed by atoms with Gasteiger partial charge in [-0.15, -0.1) is 0 Å². The van der Waals surface area contributed by atoms with E-state index < -0.39 is 5.60 Å². The van der Waals surface area contributed by atoms with Gasteiger partial charge in [0.05, 0.1) is 0 Å². The highest BCUT2D eigenvalue weighted by Crippen LogP contribution is 2.16. The monoisotopic (exact) mass is 353 g/mol. The molecule has 1 saturated heterocycles. The fourth-order valence-corrected chi connectivity index (χ4v) is 2.54. The zero-order valence-electron chi connectivity index (χ0n) is 14.3. The number of urea groups is 1. The first kappa shape index (κ1) is 18.4. The van der Waals surface area contributed by atoms with Crippen molar-refractivity contribution in [3.63, 3.8) is 0 Å². The SMILES string of the molecule is CC(C)(C)OC(=O)N1CCC(NC(=O)Nc2ccc(Cl)cc2)CC1. The molecule has 1 aliphatic heterocycles. The number of piperidine rings is 1. The van der Waals surface area contributed by atoms with E-state index in [4.69, 9.17) is 16.3 Å². The fourth-order valence-electron chi connectivity index (χ4n) is 2.42. The minimum absolute atomic E-state index is 0.0380. The highest BCUT2D eigenvalue weighted by atomic mass is 35.5. The molecule has 0 saturated carbocycles. The van der Waals surface area contributed by atoms with Gasteiger partial charge in [0.25, 0.3) is 0 Å². The van der Waals surface area contributed by atoms with Crippen LogP contribution in [0.5, 0.6) is 0 Å². The highest BCUT2D eigenvalue weighted by molar-refractivity contribution is 6.30. The number of rotatable bonds is 2. The minimum Gasteiger partial charge on any atom is -0.444 e. The minimum atomic E-state index is -0.495. The molecule has 1 aliphatic rings. The van der Waals surface area contributed by atoms with Gasteiger partial charge in [0.15, 0.2) is 0 Å². The average Bonchev–Trinajstić information content (AvgIpc) is 2.48. The van der Waals surface area contributed by atoms with Crippen LogP contribution in [0.25, 0.3) is 0 Å². The van der Waals surface area contributed by atoms with Crippen LogP contribution in [-0.2, 0) is 4.74 Å². The molecule has 0 aliphatic carbocycles. The smallest absolute Gasteiger partial charge is 0.410 e. The summed E-state index contributed by atoms with van der Waals surface area (Å²) in [5, 5.41) is 6.32. The molecule has 1 heterocycles. The van der Waals surface area contributed by atoms with E-state index in [0.717, 1.165) is 0 Å². The maximum Gasteiger partial charge on any atom is 0.410 e. The summed E-state index contributed by atoms with van der Waals surface area (Å²) < 4.78 is 5.36. The number of likely N-dealkylation sites (tertiary alicyclic amines) is 1. The molecule has 1 aromatic rings. The number of carbonyl (C=O) groups is 2. The summed E-state index contributed by atoms with van der Waals surface area (Å²) >= 11 is 5.81. The van der Waals surface area contributed by atoms with E-state index in [0.29, 0.717) is 36.6 Å². The second-order valence-electron chi connectivity index (χ2n) is 6.85. The van der Waals surface area contributed by atoms with Crippen molar-refractivity contribution < 1.29 is 14.3 Å². The summed E-state index contributed by atoms with van der Waals surface area (Å²) in [6.07, 6.45) is 1.10. The highest BCUT2D eigenvalue weighted by Gasteiger charge is 2.27. The lowest BCUT2D eigenvalue weighted by Gasteiger charge is -2.33. The van der Waals surface area contributed by atoms with Crippen LogP contribution < -0.4 is 10.6 Å². The van der Waals surface area contributed by atoms with Crippen LogP contribution in [0.4, 0.5) is 15.3 Å². The van der Waals surface area contributed by atoms with Gasteiger partial charge in [-0.3, -0.25) is 0 Å². The van der Waals surface area contributed by atoms with E-state index in [1.54, 1.807) is 29.2 Å². The zero-order valence-corrected chi connectivity index (χ0v) is 15.0. The number of ether oxygens (including phenoxy) is 1. The normalized spacial score (nSPS) is 15.8. The third-order valence-corrected chi connectivity index (χ3v) is 3.84. The lowest BCUT2D eigenvalue weighted by molar-refractivity contribution is 0.0202. The Balaban J connectivity index is 1.75. The predicted molar refractivity (Wildman–Crippen MR) is 94.4 cm³/mol. The lowest BCUT2D eigenvalue weighted by Crippen LogP contribution is -2.48. The van der Waals surface area contributed by atoms with Crippen molar-refractivity contribution in [3.8, 4) is 0 Å². The molecule has 0 atom stereocenters. The molecule has 0 unspecified atom stereocenters. The van der Waals surface area contributed by atoms with Crippen LogP contribution >= 0.6 is 11.6 Å². The van der Waals surface area contributed by atoms with E-state index in [1.807, 2.05) is 20.8 Å². The van der Waals surface area contributed by atoms with Gasteiger partial charge in [-0.05, 0) is 57.9 Å². The molecule has 0 radical (unpaired) electrons. The second-order valence-corrected chi connectivity index (χ2v) is 7.28. The van der Waals surface area contributed by atoms with Gasteiger partial charge in [-0.1, -0.05) is 11.6 Å². The molecule has 3 amide bonds. The third kappa shape index (κ3) is 5.92. The molecule has 0 spiro atoms. The molecule has 0 bridgehead atoms. The summed E-state index contributed by atoms with van der Waals surface area (Å²) in [5.74, 6) is 0. The number of nitrogens with one attached hydrogen (secondary N) is 2. The summed E-state index contributed by atoms with van der Waals surface area (Å²) in [4.78, 5) is 25.7. The zero-order chi connectivity index (χ0) is 17.7. The first-order valence-electron chi connectivity index (χ1n) is 8.04. The molecule has 132 valence electrons. The summed E-state index contributed by atoms with van der Waals surface area (Å²) in [6.45, 7) is 6.68. The van der Waals surface area contributed by atoms with Gasteiger partial charge < -0.3 is 20.3 Å². The number of anilines is 1. The van der Waals surface area contributed by atoms with Crippen molar-refractivity contribution in [1.29, 1.82) is 0 Å². The van der Waals surface area contributed by atoms with Crippen LogP contribution in [0.3, 0.4) is 0 Å². The van der Waals surface area contributed by atoms with E-state index in [-0.39, 0.29) is 18.2 Å². The van der Waals surface area contributed by atoms with Gasteiger partial charge >= 0.3 is 12.1 Å². The molecule has 0 aromatic heterocycles. The Morgan fingerprint density at radius 1 is 1.17 bits per heavy atom. The molecular formula is C17H24ClN3O3. The number of hydrogen-bond donors (Lipinski definition) is 2. The van der Waals surface area contributed by atoms with Crippen molar-refractivity contribution in [2.45, 2.75) is 45.3 Å². The molecule has 24 heavy (non-hydrogen) atoms. The lowest BCUT2D eigenvalue weighted by atomic mass is 10.1. The molecule has 6 nitrogen and oxygen atoms in total. The van der Waals surface area contributed by atoms with Crippen molar-refractivity contribution in [2.75, 3.05) is 18.4 Å². The molecule has 2 N–H and O–H groups in total. The summed E-state index contributed by atoms with van der Waals surface area (Å²) in [5.41, 5.74) is 0.188. The van der Waals surface area contributed by atoms with Gasteiger partial charge in [-0.25, -0.2) is 9.59 Å². The number of carbonyl (C=O) groups excluding carboxylic acids is 2. The Bertz CT molecular complexity index is 576. The molecule has 1 fully saturated rings. The Kier molecular flexibility index (Phi) is 5.94. The van der Waals surface area contributed by atoms with E-state index in [1.165, 1.54) is 0 Å². The Morgan fingerprint density at radius 2 is 1.75 bits per heavy atom. The van der Waals surface area contributed by atoms with E-state index in [2.05, 4.69) is 10.6 Å². The van der Waals surface area contributed by atoms with Gasteiger partial charge in [0.1, 0.15) is 5.60 Å². The van der Waals surface area contributed by atoms with Crippen LogP contribution in [-0.4, -0.2) is 41.8 Å². The van der Waals surface area contributed by atoms with Crippen LogP contribution in [0.1, 0.15) is 33.6 Å². The Morgan fingerprint density at radius 3 is 2.29 bits per heavy atom. The topological polar surface area (TPSA) is 70.7 Å². The van der Waals surface area contributed by atoms with Gasteiger partial charge in [0, 0.05) is 29.8 Å². The fraction of sp³-hybridized carbons (Fsp3) is 0.529. The van der Waals surface area contributed by atoms with Crippen LogP contribution in [0.2, 0.25) is 5.02 Å². The number of halogens is 1. The predicted octanol–water partition coefficient (Wildman–Crippen LogP) is 3.86. The van der Waals surface area contributed by atoms with Crippen molar-refractivity contribution in [1.82, 2.24) is 10.2 Å². The van der Waals surface area contributed by atoms with Gasteiger partial charge in [-0.2, -0.15) is 0 Å². The van der Waals surface area contributed by atoms with Crippen LogP contribution in [0.15, 0.2) is 24.3 Å². The van der Waals surface area contributed by atoms with Gasteiger partial charge in [0.2, 0.25) is 0 Å². The first-order chi connectivity index (χ1) is 11.2. The number of hydrogen-bond acceptors (Lipinski definition) is 3. The van der Waals surface area contributed by atoms with Crippen molar-refractivity contribution >= 4 is 29.4 Å². The molecular weight excluding hydrogens is 330 g/mol. The first-order valence-corrected chi connectivity index (χ1v) is 8.42. The standard InChI is InChI=1S/C17H24ClN3O3/c1-17(2,3)24-16(23)21-10-8-14(9-11-21)20-15(22)19-13-6-4-12(18)5-7-13/h4-7,14H,8-11H2,1-3H3,(H2,19,20,22). The number of amides is 3. The second kappa shape index (κ2) is 7.75. The van der Waals surface area contributed by atoms with E-state index >= 15 is 0 Å². The number of benzene rings is 1. The van der Waals surface area contributed by atoms with E-state index in [9.17, 15) is 9.59 Å². The molecule has 2 rings (SSSR count). The molecule has 1 aromatic carbocycles. The average molecular weight is 354 g/mol. The molecule has 7 heteroatoms. The maximum atomic E-state index is 12.0. The largest absolute Gasteiger partial charge is 0.444 e. The number of nitrogens with zero attached hydrogens (tertiary/aromatic N) is 1. The van der Waals surface area contributed by atoms with Crippen LogP contribution in [0, 0.1) is 0 Å². The Labute approximate surface area is 147 Å². The third-order valence-electron chi connectivity index (χ3n) is 3.58. The van der Waals surface area contributed by atoms with Crippen molar-refractivity contribution in [2.24, 2.45) is 0 Å². The summed E-state index contributed by atoms with van der Waals surface area (Å²) in [7, 11) is 0. The quantitative estimate of drug-likeness (QED) is 0.848. The Hall–Kier alpha value is -1.95. The maximum absolute atomic E-state index is 12.0. The van der Waals surface area contributed by atoms with Crippen molar-refractivity contribution in [3.05, 3.63) is 29.3 Å².